The summed E-state index contributed by atoms with van der Waals surface area (Å²) in [4.78, 5) is 7.08. The van der Waals surface area contributed by atoms with E-state index in [1.807, 2.05) is 14.1 Å². The molecule has 0 amide bonds. The molecule has 1 aliphatic rings. The molecule has 1 aromatic heterocycles. The third-order valence-electron chi connectivity index (χ3n) is 4.02. The number of hydrogen-bond acceptors (Lipinski definition) is 3. The van der Waals surface area contributed by atoms with Crippen molar-refractivity contribution in [3.63, 3.8) is 0 Å². The zero-order chi connectivity index (χ0) is 14.1. The van der Waals surface area contributed by atoms with Crippen LogP contribution in [0, 0.1) is 6.92 Å². The molecule has 1 N–H and O–H groups in total. The summed E-state index contributed by atoms with van der Waals surface area (Å²) in [6.45, 7) is 3.14. The van der Waals surface area contributed by atoms with Gasteiger partial charge in [0.25, 0.3) is 0 Å². The lowest BCUT2D eigenvalue weighted by atomic mass is 10.0. The first-order chi connectivity index (χ1) is 9.70. The highest BCUT2D eigenvalue weighted by Crippen LogP contribution is 2.32. The van der Waals surface area contributed by atoms with Crippen molar-refractivity contribution in [1.82, 2.24) is 4.98 Å². The first-order valence-electron chi connectivity index (χ1n) is 7.11. The normalized spacial score (nSPS) is 13.4. The highest BCUT2D eigenvalue weighted by molar-refractivity contribution is 5.65. The van der Waals surface area contributed by atoms with Gasteiger partial charge in [0.05, 0.1) is 19.8 Å². The Morgan fingerprint density at radius 1 is 1.29 bits per heavy atom. The number of nitrogens with zero attached hydrogens (tertiary/aromatic N) is 3. The second-order valence-corrected chi connectivity index (χ2v) is 5.27. The van der Waals surface area contributed by atoms with E-state index in [1.54, 1.807) is 0 Å². The van der Waals surface area contributed by atoms with Crippen molar-refractivity contribution in [2.75, 3.05) is 23.8 Å². The third-order valence-corrected chi connectivity index (χ3v) is 4.02. The number of aromatic nitrogens is 2. The zero-order valence-electron chi connectivity index (χ0n) is 12.7. The molecule has 0 unspecified atom stereocenters. The lowest BCUT2D eigenvalue weighted by Crippen LogP contribution is -3.00. The molecule has 21 heavy (non-hydrogen) atoms. The average molecular weight is 396 g/mol. The van der Waals surface area contributed by atoms with Crippen LogP contribution in [-0.2, 0) is 13.5 Å². The van der Waals surface area contributed by atoms with Gasteiger partial charge < -0.3 is 28.9 Å². The summed E-state index contributed by atoms with van der Waals surface area (Å²) in [7, 11) is 3.94. The molecule has 4 nitrogen and oxygen atoms in total. The molecule has 0 aliphatic carbocycles. The summed E-state index contributed by atoms with van der Waals surface area (Å²) < 4.78 is 2.07. The van der Waals surface area contributed by atoms with Gasteiger partial charge in [-0.1, -0.05) is 23.2 Å². The summed E-state index contributed by atoms with van der Waals surface area (Å²) in [5.74, 6) is 1.92. The summed E-state index contributed by atoms with van der Waals surface area (Å²) in [5.41, 5.74) is 3.90. The predicted octanol–water partition coefficient (Wildman–Crippen LogP) is -0.655. The number of para-hydroxylation sites is 1. The van der Waals surface area contributed by atoms with Crippen LogP contribution < -0.4 is 38.8 Å². The Balaban J connectivity index is 0.00000161. The van der Waals surface area contributed by atoms with E-state index in [1.165, 1.54) is 23.4 Å². The van der Waals surface area contributed by atoms with Gasteiger partial charge in [-0.2, -0.15) is 0 Å². The van der Waals surface area contributed by atoms with Crippen LogP contribution in [0.3, 0.4) is 0 Å². The second-order valence-electron chi connectivity index (χ2n) is 5.27. The van der Waals surface area contributed by atoms with Crippen molar-refractivity contribution >= 4 is 17.5 Å². The van der Waals surface area contributed by atoms with E-state index in [2.05, 4.69) is 52.0 Å². The Kier molecular flexibility index (Phi) is 5.03. The lowest BCUT2D eigenvalue weighted by Gasteiger charge is -2.29. The van der Waals surface area contributed by atoms with Crippen LogP contribution in [0.15, 0.2) is 30.3 Å². The van der Waals surface area contributed by atoms with Gasteiger partial charge in [-0.15, -0.1) is 0 Å². The highest BCUT2D eigenvalue weighted by atomic mass is 127. The summed E-state index contributed by atoms with van der Waals surface area (Å²) in [6.07, 6.45) is 2.33. The zero-order valence-corrected chi connectivity index (χ0v) is 14.9. The van der Waals surface area contributed by atoms with E-state index in [9.17, 15) is 0 Å². The van der Waals surface area contributed by atoms with E-state index >= 15 is 0 Å². The minimum atomic E-state index is 0. The van der Waals surface area contributed by atoms with Crippen molar-refractivity contribution < 1.29 is 28.5 Å². The predicted molar refractivity (Wildman–Crippen MR) is 81.5 cm³/mol. The molecule has 0 spiro atoms. The van der Waals surface area contributed by atoms with Crippen molar-refractivity contribution in [2.24, 2.45) is 7.05 Å². The Hall–Kier alpha value is -1.37. The van der Waals surface area contributed by atoms with E-state index < -0.39 is 0 Å². The molecule has 1 aliphatic heterocycles. The quantitative estimate of drug-likeness (QED) is 0.541. The molecule has 0 saturated carbocycles. The second kappa shape index (κ2) is 6.60. The Labute approximate surface area is 143 Å². The first kappa shape index (κ1) is 16.0. The number of nitrogens with one attached hydrogen (secondary N) is 1. The lowest BCUT2D eigenvalue weighted by molar-refractivity contribution is -0.665. The van der Waals surface area contributed by atoms with E-state index in [0.717, 1.165) is 24.7 Å². The molecule has 0 radical (unpaired) electrons. The molecular formula is C16H21IN4. The molecule has 0 fully saturated rings. The van der Waals surface area contributed by atoms with Crippen molar-refractivity contribution in [3.8, 4) is 0 Å². The van der Waals surface area contributed by atoms with Crippen LogP contribution in [0.4, 0.5) is 17.5 Å². The fourth-order valence-electron chi connectivity index (χ4n) is 2.80. The third kappa shape index (κ3) is 2.97. The maximum Gasteiger partial charge on any atom is 0.393 e. The maximum atomic E-state index is 4.75. The molecule has 3 rings (SSSR count). The number of hydrogen-bond donors (Lipinski definition) is 1. The molecule has 2 aromatic rings. The number of rotatable bonds is 2. The average Bonchev–Trinajstić information content (AvgIpc) is 2.49. The summed E-state index contributed by atoms with van der Waals surface area (Å²) in [6, 6.07) is 10.8. The van der Waals surface area contributed by atoms with Crippen molar-refractivity contribution in [2.45, 2.75) is 19.8 Å². The van der Waals surface area contributed by atoms with Gasteiger partial charge in [-0.3, -0.25) is 5.32 Å². The fraction of sp³-hybridized carbons (Fsp3) is 0.375. The number of halogens is 1. The molecule has 0 atom stereocenters. The Morgan fingerprint density at radius 3 is 2.81 bits per heavy atom. The molecular weight excluding hydrogens is 375 g/mol. The van der Waals surface area contributed by atoms with Gasteiger partial charge in [-0.25, -0.2) is 4.57 Å². The number of benzene rings is 1. The maximum absolute atomic E-state index is 4.75. The summed E-state index contributed by atoms with van der Waals surface area (Å²) in [5, 5.41) is 3.16. The largest absolute Gasteiger partial charge is 1.00 e. The molecule has 0 saturated heterocycles. The number of aryl methyl sites for hydroxylation is 2. The smallest absolute Gasteiger partial charge is 0.393 e. The molecule has 5 heteroatoms. The van der Waals surface area contributed by atoms with Gasteiger partial charge in [0.2, 0.25) is 5.82 Å². The van der Waals surface area contributed by atoms with E-state index in [-0.39, 0.29) is 24.0 Å². The fourth-order valence-corrected chi connectivity index (χ4v) is 2.80. The van der Waals surface area contributed by atoms with Gasteiger partial charge in [0, 0.05) is 18.3 Å². The van der Waals surface area contributed by atoms with Crippen molar-refractivity contribution in [1.29, 1.82) is 0 Å². The molecule has 112 valence electrons. The Morgan fingerprint density at radius 2 is 2.05 bits per heavy atom. The van der Waals surface area contributed by atoms with Gasteiger partial charge in [0.15, 0.2) is 0 Å². The topological polar surface area (TPSA) is 32.0 Å². The standard InChI is InChI=1S/C16H20N4.HI/c1-12-11-15(18-16(17-2)19(12)3)20-10-6-8-13-7-4-5-9-14(13)20;/h4-5,7,9,11H,6,8,10H2,1-3H3;1H. The minimum Gasteiger partial charge on any atom is -1.00 e. The summed E-state index contributed by atoms with van der Waals surface area (Å²) >= 11 is 0. The SMILES string of the molecule is CNc1nc(N2CCCc3ccccc32)cc(C)[n+]1C.[I-]. The minimum absolute atomic E-state index is 0. The van der Waals surface area contributed by atoms with Crippen LogP contribution >= 0.6 is 0 Å². The first-order valence-corrected chi connectivity index (χ1v) is 7.11. The highest BCUT2D eigenvalue weighted by Gasteiger charge is 2.23. The monoisotopic (exact) mass is 396 g/mol. The Bertz CT molecular complexity index is 642. The van der Waals surface area contributed by atoms with Crippen molar-refractivity contribution in [3.05, 3.63) is 41.6 Å². The van der Waals surface area contributed by atoms with Crippen LogP contribution in [0.25, 0.3) is 0 Å². The van der Waals surface area contributed by atoms with E-state index in [4.69, 9.17) is 4.98 Å². The van der Waals surface area contributed by atoms with Crippen LogP contribution in [0.2, 0.25) is 0 Å². The number of anilines is 3. The van der Waals surface area contributed by atoms with Gasteiger partial charge >= 0.3 is 5.95 Å². The van der Waals surface area contributed by atoms with E-state index in [0.29, 0.717) is 0 Å². The van der Waals surface area contributed by atoms with Crippen LogP contribution in [0.5, 0.6) is 0 Å². The van der Waals surface area contributed by atoms with Gasteiger partial charge in [-0.05, 0) is 31.4 Å². The van der Waals surface area contributed by atoms with Crippen LogP contribution in [-0.4, -0.2) is 18.6 Å². The number of fused-ring (bicyclic) bond motifs is 1. The van der Waals surface area contributed by atoms with Gasteiger partial charge in [0.1, 0.15) is 0 Å². The molecule has 0 bridgehead atoms. The molecule has 2 heterocycles. The van der Waals surface area contributed by atoms with Crippen LogP contribution in [0.1, 0.15) is 17.7 Å². The molecule has 1 aromatic carbocycles.